The summed E-state index contributed by atoms with van der Waals surface area (Å²) in [7, 11) is 0. The maximum absolute atomic E-state index is 13.0. The fraction of sp³-hybridized carbons (Fsp3) is 0.500. The van der Waals surface area contributed by atoms with Crippen LogP contribution in [-0.2, 0) is 9.59 Å². The van der Waals surface area contributed by atoms with E-state index in [1.165, 1.54) is 24.3 Å². The molecule has 2 fully saturated rings. The van der Waals surface area contributed by atoms with Crippen molar-refractivity contribution in [3.05, 3.63) is 35.6 Å². The Kier molecular flexibility index (Phi) is 5.43. The van der Waals surface area contributed by atoms with Gasteiger partial charge in [-0.15, -0.1) is 0 Å². The summed E-state index contributed by atoms with van der Waals surface area (Å²) in [5.41, 5.74) is 0.493. The van der Waals surface area contributed by atoms with Gasteiger partial charge < -0.3 is 10.2 Å². The smallest absolute Gasteiger partial charge is 0.239 e. The first kappa shape index (κ1) is 17.5. The first-order chi connectivity index (χ1) is 12.0. The van der Waals surface area contributed by atoms with Crippen molar-refractivity contribution in [1.82, 2.24) is 15.1 Å². The molecule has 3 rings (SSSR count). The van der Waals surface area contributed by atoms with Crippen LogP contribution in [0.2, 0.25) is 0 Å². The number of amides is 2. The predicted molar refractivity (Wildman–Crippen MR) is 89.5 cm³/mol. The van der Waals surface area contributed by atoms with Crippen LogP contribution in [-0.4, -0.2) is 66.2 Å². The number of Topliss-reactive ketones (excluding diaryl/α,β-unsaturated/α-hetero) is 1. The van der Waals surface area contributed by atoms with Gasteiger partial charge in [-0.3, -0.25) is 19.3 Å². The Bertz CT molecular complexity index is 662. The SMILES string of the molecule is O=C1CN(C(=O)CN2CCC[C@@H]2CC(=O)c2ccc(F)cc2)CCN1. The molecule has 0 saturated carbocycles. The van der Waals surface area contributed by atoms with E-state index in [0.717, 1.165) is 19.4 Å². The van der Waals surface area contributed by atoms with Gasteiger partial charge in [0.1, 0.15) is 5.82 Å². The van der Waals surface area contributed by atoms with Gasteiger partial charge in [0.25, 0.3) is 0 Å². The maximum Gasteiger partial charge on any atom is 0.239 e. The summed E-state index contributed by atoms with van der Waals surface area (Å²) >= 11 is 0. The van der Waals surface area contributed by atoms with Gasteiger partial charge in [-0.2, -0.15) is 0 Å². The molecular weight excluding hydrogens is 325 g/mol. The molecule has 0 unspecified atom stereocenters. The monoisotopic (exact) mass is 347 g/mol. The number of carbonyl (C=O) groups is 3. The van der Waals surface area contributed by atoms with Crippen molar-refractivity contribution in [1.29, 1.82) is 0 Å². The van der Waals surface area contributed by atoms with Gasteiger partial charge in [-0.25, -0.2) is 4.39 Å². The number of nitrogens with one attached hydrogen (secondary N) is 1. The van der Waals surface area contributed by atoms with Crippen molar-refractivity contribution in [2.45, 2.75) is 25.3 Å². The highest BCUT2D eigenvalue weighted by molar-refractivity contribution is 5.96. The van der Waals surface area contributed by atoms with Crippen LogP contribution >= 0.6 is 0 Å². The third-order valence-electron chi connectivity index (χ3n) is 4.82. The molecule has 1 atom stereocenters. The first-order valence-corrected chi connectivity index (χ1v) is 8.60. The van der Waals surface area contributed by atoms with Crippen LogP contribution in [0, 0.1) is 5.82 Å². The molecule has 7 heteroatoms. The molecule has 134 valence electrons. The summed E-state index contributed by atoms with van der Waals surface area (Å²) in [4.78, 5) is 39.8. The highest BCUT2D eigenvalue weighted by atomic mass is 19.1. The number of rotatable bonds is 5. The number of carbonyl (C=O) groups excluding carboxylic acids is 3. The van der Waals surface area contributed by atoms with Crippen molar-refractivity contribution < 1.29 is 18.8 Å². The van der Waals surface area contributed by atoms with E-state index in [0.29, 0.717) is 25.1 Å². The van der Waals surface area contributed by atoms with E-state index >= 15 is 0 Å². The lowest BCUT2D eigenvalue weighted by Gasteiger charge is -2.30. The Morgan fingerprint density at radius 3 is 2.68 bits per heavy atom. The van der Waals surface area contributed by atoms with Crippen LogP contribution in [0.3, 0.4) is 0 Å². The van der Waals surface area contributed by atoms with Crippen LogP contribution in [0.5, 0.6) is 0 Å². The van der Waals surface area contributed by atoms with Crippen LogP contribution < -0.4 is 5.32 Å². The fourth-order valence-electron chi connectivity index (χ4n) is 3.43. The normalized spacial score (nSPS) is 21.2. The third kappa shape index (κ3) is 4.42. The Balaban J connectivity index is 1.56. The van der Waals surface area contributed by atoms with E-state index in [9.17, 15) is 18.8 Å². The zero-order chi connectivity index (χ0) is 17.8. The summed E-state index contributed by atoms with van der Waals surface area (Å²) in [6.45, 7) is 2.11. The highest BCUT2D eigenvalue weighted by Gasteiger charge is 2.30. The summed E-state index contributed by atoms with van der Waals surface area (Å²) in [6.07, 6.45) is 2.12. The number of hydrogen-bond donors (Lipinski definition) is 1. The van der Waals surface area contributed by atoms with Crippen LogP contribution in [0.1, 0.15) is 29.6 Å². The Morgan fingerprint density at radius 2 is 1.96 bits per heavy atom. The fourth-order valence-corrected chi connectivity index (χ4v) is 3.43. The van der Waals surface area contributed by atoms with Gasteiger partial charge in [0.2, 0.25) is 11.8 Å². The van der Waals surface area contributed by atoms with Crippen molar-refractivity contribution in [2.75, 3.05) is 32.7 Å². The number of halogens is 1. The van der Waals surface area contributed by atoms with Gasteiger partial charge in [-0.1, -0.05) is 0 Å². The topological polar surface area (TPSA) is 69.7 Å². The second kappa shape index (κ2) is 7.74. The molecule has 0 bridgehead atoms. The molecule has 2 heterocycles. The Morgan fingerprint density at radius 1 is 1.20 bits per heavy atom. The summed E-state index contributed by atoms with van der Waals surface area (Å²) in [5, 5.41) is 2.70. The number of ketones is 1. The second-order valence-electron chi connectivity index (χ2n) is 6.57. The lowest BCUT2D eigenvalue weighted by Crippen LogP contribution is -2.52. The lowest BCUT2D eigenvalue weighted by atomic mass is 10.0. The molecule has 0 spiro atoms. The zero-order valence-corrected chi connectivity index (χ0v) is 14.0. The minimum atomic E-state index is -0.366. The molecule has 1 N–H and O–H groups in total. The van der Waals surface area contributed by atoms with Crippen LogP contribution in [0.15, 0.2) is 24.3 Å². The molecule has 2 aliphatic heterocycles. The van der Waals surface area contributed by atoms with Crippen molar-refractivity contribution in [2.24, 2.45) is 0 Å². The van der Waals surface area contributed by atoms with E-state index in [1.807, 2.05) is 4.90 Å². The largest absolute Gasteiger partial charge is 0.353 e. The minimum absolute atomic E-state index is 0.0140. The van der Waals surface area contributed by atoms with E-state index in [2.05, 4.69) is 5.32 Å². The number of piperazine rings is 1. The molecule has 1 aromatic rings. The number of benzene rings is 1. The van der Waals surface area contributed by atoms with Gasteiger partial charge in [0.15, 0.2) is 5.78 Å². The van der Waals surface area contributed by atoms with E-state index in [-0.39, 0.29) is 42.5 Å². The zero-order valence-electron chi connectivity index (χ0n) is 14.0. The standard InChI is InChI=1S/C18H22FN3O3/c19-14-5-3-13(4-6-14)16(23)10-15-2-1-8-21(15)12-18(25)22-9-7-20-17(24)11-22/h3-6,15H,1-2,7-12H2,(H,20,24)/t15-/m1/s1. The molecule has 2 saturated heterocycles. The minimum Gasteiger partial charge on any atom is -0.353 e. The molecule has 0 aromatic heterocycles. The quantitative estimate of drug-likeness (QED) is 0.801. The summed E-state index contributed by atoms with van der Waals surface area (Å²) in [5.74, 6) is -0.614. The maximum atomic E-state index is 13.0. The molecule has 1 aromatic carbocycles. The molecular formula is C18H22FN3O3. The van der Waals surface area contributed by atoms with Gasteiger partial charge >= 0.3 is 0 Å². The predicted octanol–water partition coefficient (Wildman–Crippen LogP) is 0.821. The van der Waals surface area contributed by atoms with Crippen molar-refractivity contribution in [3.8, 4) is 0 Å². The number of nitrogens with zero attached hydrogens (tertiary/aromatic N) is 2. The van der Waals surface area contributed by atoms with Crippen molar-refractivity contribution >= 4 is 17.6 Å². The average Bonchev–Trinajstić information content (AvgIpc) is 3.02. The Hall–Kier alpha value is -2.28. The summed E-state index contributed by atoms with van der Waals surface area (Å²) in [6, 6.07) is 5.57. The van der Waals surface area contributed by atoms with E-state index in [4.69, 9.17) is 0 Å². The molecule has 2 aliphatic rings. The average molecular weight is 347 g/mol. The van der Waals surface area contributed by atoms with Crippen LogP contribution in [0.4, 0.5) is 4.39 Å². The van der Waals surface area contributed by atoms with Gasteiger partial charge in [0, 0.05) is 31.1 Å². The Labute approximate surface area is 146 Å². The molecule has 0 radical (unpaired) electrons. The first-order valence-electron chi connectivity index (χ1n) is 8.60. The lowest BCUT2D eigenvalue weighted by molar-refractivity contribution is -0.139. The number of hydrogen-bond acceptors (Lipinski definition) is 4. The van der Waals surface area contributed by atoms with E-state index in [1.54, 1.807) is 4.90 Å². The highest BCUT2D eigenvalue weighted by Crippen LogP contribution is 2.22. The van der Waals surface area contributed by atoms with E-state index < -0.39 is 0 Å². The molecule has 6 nitrogen and oxygen atoms in total. The second-order valence-corrected chi connectivity index (χ2v) is 6.57. The number of likely N-dealkylation sites (tertiary alicyclic amines) is 1. The third-order valence-corrected chi connectivity index (χ3v) is 4.82. The van der Waals surface area contributed by atoms with Crippen molar-refractivity contribution in [3.63, 3.8) is 0 Å². The van der Waals surface area contributed by atoms with Crippen LogP contribution in [0.25, 0.3) is 0 Å². The van der Waals surface area contributed by atoms with Gasteiger partial charge in [0.05, 0.1) is 13.1 Å². The molecule has 25 heavy (non-hydrogen) atoms. The summed E-state index contributed by atoms with van der Waals surface area (Å²) < 4.78 is 13.0. The molecule has 2 amide bonds. The van der Waals surface area contributed by atoms with Gasteiger partial charge in [-0.05, 0) is 43.7 Å². The molecule has 0 aliphatic carbocycles.